The van der Waals surface area contributed by atoms with E-state index in [-0.39, 0.29) is 17.6 Å². The third kappa shape index (κ3) is 5.23. The third-order valence-electron chi connectivity index (χ3n) is 3.53. The van der Waals surface area contributed by atoms with Crippen LogP contribution in [0, 0.1) is 11.3 Å². The average Bonchev–Trinajstić information content (AvgIpc) is 3.07. The van der Waals surface area contributed by atoms with E-state index in [0.29, 0.717) is 13.1 Å². The largest absolute Gasteiger partial charge is 0.389 e. The lowest BCUT2D eigenvalue weighted by atomic mass is 10.1. The molecule has 5 nitrogen and oxygen atoms in total. The van der Waals surface area contributed by atoms with Crippen LogP contribution in [0.4, 0.5) is 0 Å². The highest BCUT2D eigenvalue weighted by atomic mass is 16.5. The van der Waals surface area contributed by atoms with Gasteiger partial charge in [-0.3, -0.25) is 4.79 Å². The quantitative estimate of drug-likeness (QED) is 0.455. The molecular weight excluding hydrogens is 278 g/mol. The van der Waals surface area contributed by atoms with Crippen LogP contribution >= 0.6 is 0 Å². The zero-order chi connectivity index (χ0) is 15.6. The number of amides is 1. The van der Waals surface area contributed by atoms with Gasteiger partial charge >= 0.3 is 0 Å². The lowest BCUT2D eigenvalue weighted by Gasteiger charge is -2.10. The monoisotopic (exact) mass is 299 g/mol. The molecule has 0 aliphatic carbocycles. The summed E-state index contributed by atoms with van der Waals surface area (Å²) in [5.74, 6) is -0.356. The molecule has 0 aromatic heterocycles. The summed E-state index contributed by atoms with van der Waals surface area (Å²) >= 11 is 0. The van der Waals surface area contributed by atoms with Crippen molar-refractivity contribution in [2.45, 2.75) is 25.4 Å². The highest BCUT2D eigenvalue weighted by Crippen LogP contribution is 2.10. The topological polar surface area (TPSA) is 74.2 Å². The highest BCUT2D eigenvalue weighted by molar-refractivity contribution is 5.97. The SMILES string of the molecule is N#C/C(=C/NCCc1ccccc1)C(=O)NCC1CCCO1. The maximum atomic E-state index is 11.9. The van der Waals surface area contributed by atoms with Crippen molar-refractivity contribution < 1.29 is 9.53 Å². The Labute approximate surface area is 131 Å². The molecule has 2 rings (SSSR count). The van der Waals surface area contributed by atoms with E-state index in [4.69, 9.17) is 10.00 Å². The van der Waals surface area contributed by atoms with Crippen LogP contribution in [0.15, 0.2) is 42.1 Å². The lowest BCUT2D eigenvalue weighted by molar-refractivity contribution is -0.117. The number of rotatable bonds is 7. The van der Waals surface area contributed by atoms with Gasteiger partial charge in [0.2, 0.25) is 0 Å². The minimum Gasteiger partial charge on any atom is -0.389 e. The van der Waals surface area contributed by atoms with Crippen molar-refractivity contribution in [1.82, 2.24) is 10.6 Å². The fraction of sp³-hybridized carbons (Fsp3) is 0.412. The Morgan fingerprint density at radius 3 is 2.91 bits per heavy atom. The van der Waals surface area contributed by atoms with Gasteiger partial charge in [0, 0.05) is 25.9 Å². The zero-order valence-electron chi connectivity index (χ0n) is 12.5. The van der Waals surface area contributed by atoms with E-state index in [9.17, 15) is 4.79 Å². The summed E-state index contributed by atoms with van der Waals surface area (Å²) in [7, 11) is 0. The number of nitriles is 1. The summed E-state index contributed by atoms with van der Waals surface area (Å²) in [4.78, 5) is 11.9. The second-order valence-electron chi connectivity index (χ2n) is 5.20. The molecule has 1 amide bonds. The Bertz CT molecular complexity index is 543. The van der Waals surface area contributed by atoms with Crippen molar-refractivity contribution in [2.24, 2.45) is 0 Å². The van der Waals surface area contributed by atoms with Crippen LogP contribution in [-0.4, -0.2) is 31.7 Å². The first kappa shape index (κ1) is 16.1. The predicted molar refractivity (Wildman–Crippen MR) is 83.8 cm³/mol. The molecule has 1 aliphatic rings. The number of ether oxygens (including phenoxy) is 1. The molecule has 1 saturated heterocycles. The first-order valence-corrected chi connectivity index (χ1v) is 7.57. The van der Waals surface area contributed by atoms with Crippen LogP contribution in [0.2, 0.25) is 0 Å². The van der Waals surface area contributed by atoms with Crippen LogP contribution in [0.3, 0.4) is 0 Å². The number of carbonyl (C=O) groups is 1. The molecule has 116 valence electrons. The third-order valence-corrected chi connectivity index (χ3v) is 3.53. The molecule has 1 fully saturated rings. The number of hydrogen-bond donors (Lipinski definition) is 2. The van der Waals surface area contributed by atoms with Crippen molar-refractivity contribution in [2.75, 3.05) is 19.7 Å². The number of benzene rings is 1. The van der Waals surface area contributed by atoms with Crippen LogP contribution < -0.4 is 10.6 Å². The van der Waals surface area contributed by atoms with Gasteiger partial charge in [-0.15, -0.1) is 0 Å². The summed E-state index contributed by atoms with van der Waals surface area (Å²) in [6, 6.07) is 12.0. The van der Waals surface area contributed by atoms with Gasteiger partial charge in [0.05, 0.1) is 6.10 Å². The minimum atomic E-state index is -0.356. The Morgan fingerprint density at radius 1 is 1.41 bits per heavy atom. The van der Waals surface area contributed by atoms with Crippen LogP contribution in [0.25, 0.3) is 0 Å². The molecule has 0 spiro atoms. The van der Waals surface area contributed by atoms with E-state index < -0.39 is 0 Å². The van der Waals surface area contributed by atoms with Crippen LogP contribution in [0.5, 0.6) is 0 Å². The molecule has 2 N–H and O–H groups in total. The number of nitrogens with zero attached hydrogens (tertiary/aromatic N) is 1. The second kappa shape index (κ2) is 8.85. The molecule has 1 aromatic rings. The second-order valence-corrected chi connectivity index (χ2v) is 5.20. The Balaban J connectivity index is 1.72. The highest BCUT2D eigenvalue weighted by Gasteiger charge is 2.17. The van der Waals surface area contributed by atoms with E-state index in [1.165, 1.54) is 11.8 Å². The molecular formula is C17H21N3O2. The number of nitrogens with one attached hydrogen (secondary N) is 2. The van der Waals surface area contributed by atoms with Gasteiger partial charge in [-0.2, -0.15) is 5.26 Å². The van der Waals surface area contributed by atoms with Crippen molar-refractivity contribution in [3.8, 4) is 6.07 Å². The summed E-state index contributed by atoms with van der Waals surface area (Å²) in [5.41, 5.74) is 1.30. The van der Waals surface area contributed by atoms with Gasteiger partial charge in [-0.1, -0.05) is 30.3 Å². The maximum Gasteiger partial charge on any atom is 0.263 e. The smallest absolute Gasteiger partial charge is 0.263 e. The zero-order valence-corrected chi connectivity index (χ0v) is 12.5. The molecule has 22 heavy (non-hydrogen) atoms. The summed E-state index contributed by atoms with van der Waals surface area (Å²) in [6.45, 7) is 1.89. The van der Waals surface area contributed by atoms with E-state index in [0.717, 1.165) is 25.9 Å². The summed E-state index contributed by atoms with van der Waals surface area (Å²) < 4.78 is 5.43. The van der Waals surface area contributed by atoms with E-state index in [2.05, 4.69) is 10.6 Å². The summed E-state index contributed by atoms with van der Waals surface area (Å²) in [6.07, 6.45) is 4.39. The molecule has 1 aromatic carbocycles. The average molecular weight is 299 g/mol. The molecule has 1 heterocycles. The number of hydrogen-bond acceptors (Lipinski definition) is 4. The predicted octanol–water partition coefficient (Wildman–Crippen LogP) is 1.52. The van der Waals surface area contributed by atoms with Crippen molar-refractivity contribution >= 4 is 5.91 Å². The van der Waals surface area contributed by atoms with Gasteiger partial charge in [0.1, 0.15) is 11.6 Å². The van der Waals surface area contributed by atoms with Gasteiger partial charge in [-0.05, 0) is 24.8 Å². The standard InChI is InChI=1S/C17H21N3O2/c18-11-15(17(21)20-13-16-7-4-10-22-16)12-19-9-8-14-5-2-1-3-6-14/h1-3,5-6,12,16,19H,4,7-10,13H2,(H,20,21)/b15-12-. The first-order chi connectivity index (χ1) is 10.8. The molecule has 0 bridgehead atoms. The Morgan fingerprint density at radius 2 is 2.23 bits per heavy atom. The molecule has 1 aliphatic heterocycles. The van der Waals surface area contributed by atoms with E-state index in [1.807, 2.05) is 36.4 Å². The fourth-order valence-corrected chi connectivity index (χ4v) is 2.29. The van der Waals surface area contributed by atoms with Crippen molar-refractivity contribution in [3.63, 3.8) is 0 Å². The molecule has 1 atom stereocenters. The fourth-order valence-electron chi connectivity index (χ4n) is 2.29. The van der Waals surface area contributed by atoms with Gasteiger partial charge in [0.25, 0.3) is 5.91 Å². The van der Waals surface area contributed by atoms with Crippen molar-refractivity contribution in [1.29, 1.82) is 5.26 Å². The van der Waals surface area contributed by atoms with Gasteiger partial charge in [-0.25, -0.2) is 0 Å². The molecule has 1 unspecified atom stereocenters. The number of carbonyl (C=O) groups excluding carboxylic acids is 1. The Hall–Kier alpha value is -2.32. The molecule has 0 radical (unpaired) electrons. The van der Waals surface area contributed by atoms with E-state index >= 15 is 0 Å². The van der Waals surface area contributed by atoms with Gasteiger partial charge in [0.15, 0.2) is 0 Å². The van der Waals surface area contributed by atoms with E-state index in [1.54, 1.807) is 0 Å². The molecule has 0 saturated carbocycles. The van der Waals surface area contributed by atoms with Gasteiger partial charge < -0.3 is 15.4 Å². The maximum absolute atomic E-state index is 11.9. The molecule has 5 heteroatoms. The minimum absolute atomic E-state index is 0.0786. The van der Waals surface area contributed by atoms with Crippen LogP contribution in [-0.2, 0) is 16.0 Å². The normalized spacial score (nSPS) is 17.8. The van der Waals surface area contributed by atoms with Crippen molar-refractivity contribution in [3.05, 3.63) is 47.7 Å². The lowest BCUT2D eigenvalue weighted by Crippen LogP contribution is -2.33. The summed E-state index contributed by atoms with van der Waals surface area (Å²) in [5, 5.41) is 14.8. The van der Waals surface area contributed by atoms with Crippen LogP contribution in [0.1, 0.15) is 18.4 Å². The first-order valence-electron chi connectivity index (χ1n) is 7.57. The Kier molecular flexibility index (Phi) is 6.46.